The molecule has 0 aliphatic carbocycles. The molecule has 0 fully saturated rings. The topological polar surface area (TPSA) is 0 Å². The van der Waals surface area contributed by atoms with Crippen LogP contribution in [0.5, 0.6) is 0 Å². The largest absolute Gasteiger partial charge is 4.00 e. The van der Waals surface area contributed by atoms with Gasteiger partial charge in [0.05, 0.1) is 0 Å². The fraction of sp³-hybridized carbons (Fsp3) is 0. The maximum absolute atomic E-state index is 0. The Bertz CT molecular complexity index is 6.49. The minimum absolute atomic E-state index is 0. The molecule has 2 heteroatoms. The van der Waals surface area contributed by atoms with Gasteiger partial charge in [0.2, 0.25) is 0 Å². The third-order valence-corrected chi connectivity index (χ3v) is 0. The van der Waals surface area contributed by atoms with E-state index in [-0.39, 0.29) is 83.5 Å². The molecule has 0 atom stereocenters. The smallest absolute Gasteiger partial charge is 0.358 e. The summed E-state index contributed by atoms with van der Waals surface area (Å²) in [6.07, 6.45) is 0. The average Bonchev–Trinajstić information content (AvgIpc) is 0. The molecule has 8 heavy (non-hydrogen) atoms. The first-order valence-corrected chi connectivity index (χ1v) is 0. The Morgan fingerprint density at radius 1 is 0.375 bits per heavy atom. The van der Waals surface area contributed by atoms with Gasteiger partial charge in [0.25, 0.3) is 0 Å². The van der Waals surface area contributed by atoms with Gasteiger partial charge in [-0.2, -0.15) is 0 Å². The SMILES string of the molecule is [CH3-].[CH3-].[CH3-].[CH3-].[CH3-].[CH3-].[Ru+2].[Ru+4]. The Kier molecular flexibility index (Phi) is 14100. The van der Waals surface area contributed by atoms with Crippen molar-refractivity contribution in [1.29, 1.82) is 0 Å². The zero-order chi connectivity index (χ0) is 0. The molecule has 0 aliphatic rings. The molecule has 0 nitrogen and oxygen atoms in total. The van der Waals surface area contributed by atoms with Crippen LogP contribution in [0.3, 0.4) is 0 Å². The minimum Gasteiger partial charge on any atom is -0.358 e. The monoisotopic (exact) mass is 294 g/mol. The van der Waals surface area contributed by atoms with Crippen LogP contribution in [0.2, 0.25) is 0 Å². The summed E-state index contributed by atoms with van der Waals surface area (Å²) in [6.45, 7) is 0. The molecule has 0 aliphatic heterocycles. The van der Waals surface area contributed by atoms with Gasteiger partial charge in [-0.3, -0.25) is 0 Å². The van der Waals surface area contributed by atoms with Crippen LogP contribution in [0.15, 0.2) is 0 Å². The summed E-state index contributed by atoms with van der Waals surface area (Å²) in [7, 11) is 0. The van der Waals surface area contributed by atoms with Crippen molar-refractivity contribution < 1.29 is 39.0 Å². The van der Waals surface area contributed by atoms with E-state index in [9.17, 15) is 0 Å². The van der Waals surface area contributed by atoms with Gasteiger partial charge in [-0.15, -0.1) is 0 Å². The predicted octanol–water partition coefficient (Wildman–Crippen LogP) is 2.70. The molecule has 0 bridgehead atoms. The van der Waals surface area contributed by atoms with E-state index in [4.69, 9.17) is 0 Å². The van der Waals surface area contributed by atoms with Crippen molar-refractivity contribution in [2.45, 2.75) is 0 Å². The average molecular weight is 292 g/mol. The minimum atomic E-state index is 0. The molecule has 0 rings (SSSR count). The number of hydrogen-bond acceptors (Lipinski definition) is 0. The quantitative estimate of drug-likeness (QED) is 0.476. The van der Waals surface area contributed by atoms with Crippen molar-refractivity contribution in [3.63, 3.8) is 0 Å². The summed E-state index contributed by atoms with van der Waals surface area (Å²) in [5.41, 5.74) is 0. The van der Waals surface area contributed by atoms with Gasteiger partial charge in [0.1, 0.15) is 0 Å². The van der Waals surface area contributed by atoms with E-state index in [2.05, 4.69) is 0 Å². The van der Waals surface area contributed by atoms with Gasteiger partial charge < -0.3 is 44.6 Å². The molecule has 0 saturated carbocycles. The molecule has 0 heterocycles. The Morgan fingerprint density at radius 3 is 0.375 bits per heavy atom. The van der Waals surface area contributed by atoms with Crippen molar-refractivity contribution in [1.82, 2.24) is 0 Å². The van der Waals surface area contributed by atoms with Crippen LogP contribution in [0, 0.1) is 44.6 Å². The van der Waals surface area contributed by atoms with E-state index in [0.29, 0.717) is 0 Å². The molecule has 0 aromatic rings. The van der Waals surface area contributed by atoms with Crippen LogP contribution >= 0.6 is 0 Å². The van der Waals surface area contributed by atoms with Gasteiger partial charge in [0.15, 0.2) is 0 Å². The standard InChI is InChI=1S/6CH3.2Ru/h6*1H3;;/q6*-1;+2;+4. The molecule has 0 saturated heterocycles. The van der Waals surface area contributed by atoms with Crippen molar-refractivity contribution >= 4 is 0 Å². The van der Waals surface area contributed by atoms with Gasteiger partial charge in [-0.1, -0.05) is 0 Å². The maximum Gasteiger partial charge on any atom is 4.00 e. The third-order valence-electron chi connectivity index (χ3n) is 0. The molecule has 0 spiro atoms. The first kappa shape index (κ1) is 405. The van der Waals surface area contributed by atoms with E-state index >= 15 is 0 Å². The Morgan fingerprint density at radius 2 is 0.375 bits per heavy atom. The van der Waals surface area contributed by atoms with Gasteiger partial charge in [-0.25, -0.2) is 0 Å². The van der Waals surface area contributed by atoms with E-state index in [1.807, 2.05) is 0 Å². The summed E-state index contributed by atoms with van der Waals surface area (Å²) in [4.78, 5) is 0. The molecule has 0 aromatic heterocycles. The van der Waals surface area contributed by atoms with Gasteiger partial charge in [-0.05, 0) is 0 Å². The summed E-state index contributed by atoms with van der Waals surface area (Å²) >= 11 is 0. The second kappa shape index (κ2) is 279. The van der Waals surface area contributed by atoms with Gasteiger partial charge >= 0.3 is 39.0 Å². The van der Waals surface area contributed by atoms with E-state index in [1.54, 1.807) is 0 Å². The third kappa shape index (κ3) is 182. The molecular weight excluding hydrogens is 274 g/mol. The molecule has 0 amide bonds. The Balaban J connectivity index is 0. The zero-order valence-electron chi connectivity index (χ0n) is 6.71. The fourth-order valence-corrected chi connectivity index (χ4v) is 0. The first-order valence-electron chi connectivity index (χ1n) is 0. The molecule has 0 radical (unpaired) electrons. The van der Waals surface area contributed by atoms with E-state index in [0.717, 1.165) is 0 Å². The Hall–Kier alpha value is 1.25. The number of hydrogen-bond donors (Lipinski definition) is 0. The summed E-state index contributed by atoms with van der Waals surface area (Å²) < 4.78 is 0. The summed E-state index contributed by atoms with van der Waals surface area (Å²) in [5.74, 6) is 0. The fourth-order valence-electron chi connectivity index (χ4n) is 0. The van der Waals surface area contributed by atoms with Crippen molar-refractivity contribution in [3.8, 4) is 0 Å². The van der Waals surface area contributed by atoms with Crippen LogP contribution in [0.4, 0.5) is 0 Å². The molecule has 0 aromatic carbocycles. The van der Waals surface area contributed by atoms with Crippen molar-refractivity contribution in [2.75, 3.05) is 0 Å². The van der Waals surface area contributed by atoms with Crippen LogP contribution < -0.4 is 0 Å². The number of rotatable bonds is 0. The molecule has 0 N–H and O–H groups in total. The van der Waals surface area contributed by atoms with Crippen LogP contribution in [-0.2, 0) is 39.0 Å². The molecule has 58 valence electrons. The molecular formula is C6H18Ru2. The van der Waals surface area contributed by atoms with E-state index < -0.39 is 0 Å². The van der Waals surface area contributed by atoms with Crippen LogP contribution in [0.1, 0.15) is 0 Å². The molecule has 0 unspecified atom stereocenters. The summed E-state index contributed by atoms with van der Waals surface area (Å²) in [5, 5.41) is 0. The second-order valence-corrected chi connectivity index (χ2v) is 0. The van der Waals surface area contributed by atoms with Crippen LogP contribution in [-0.4, -0.2) is 0 Å². The van der Waals surface area contributed by atoms with Gasteiger partial charge in [0, 0.05) is 0 Å². The van der Waals surface area contributed by atoms with Crippen LogP contribution in [0.25, 0.3) is 0 Å². The summed E-state index contributed by atoms with van der Waals surface area (Å²) in [6, 6.07) is 0. The normalized spacial score (nSPS) is 0. The van der Waals surface area contributed by atoms with E-state index in [1.165, 1.54) is 0 Å². The predicted molar refractivity (Wildman–Crippen MR) is 38.5 cm³/mol. The Labute approximate surface area is 83.4 Å². The zero-order valence-corrected chi connectivity index (χ0v) is 10.2. The first-order chi connectivity index (χ1) is 0. The van der Waals surface area contributed by atoms with Crippen molar-refractivity contribution in [3.05, 3.63) is 44.6 Å². The maximum atomic E-state index is 0. The second-order valence-electron chi connectivity index (χ2n) is 0. The van der Waals surface area contributed by atoms with Crippen molar-refractivity contribution in [2.24, 2.45) is 0 Å².